The molecule has 1 saturated heterocycles. The standard InChI is InChI=1S/C17H23N3O3S/c1-12-6-4-5-7-16(12)23-15-8-10-20(11-9-15)24(21,22)17-13(2)18-19-14(17)3/h4-7,15H,8-11H2,1-3H3,(H,18,19). The summed E-state index contributed by atoms with van der Waals surface area (Å²) in [5.41, 5.74) is 2.20. The summed E-state index contributed by atoms with van der Waals surface area (Å²) in [6, 6.07) is 7.90. The maximum Gasteiger partial charge on any atom is 0.246 e. The maximum absolute atomic E-state index is 12.8. The van der Waals surface area contributed by atoms with E-state index in [1.807, 2.05) is 31.2 Å². The molecule has 0 atom stereocenters. The van der Waals surface area contributed by atoms with Gasteiger partial charge in [0, 0.05) is 13.1 Å². The average molecular weight is 349 g/mol. The van der Waals surface area contributed by atoms with E-state index < -0.39 is 10.0 Å². The lowest BCUT2D eigenvalue weighted by atomic mass is 10.1. The molecule has 0 radical (unpaired) electrons. The third-order valence-corrected chi connectivity index (χ3v) is 6.61. The Morgan fingerprint density at radius 1 is 1.17 bits per heavy atom. The fourth-order valence-corrected chi connectivity index (χ4v) is 4.91. The molecule has 1 aromatic carbocycles. The Kier molecular flexibility index (Phi) is 4.64. The van der Waals surface area contributed by atoms with Gasteiger partial charge in [-0.05, 0) is 45.2 Å². The van der Waals surface area contributed by atoms with Crippen LogP contribution in [0.5, 0.6) is 5.75 Å². The van der Waals surface area contributed by atoms with E-state index in [-0.39, 0.29) is 6.10 Å². The van der Waals surface area contributed by atoms with E-state index in [1.165, 1.54) is 4.31 Å². The molecule has 0 saturated carbocycles. The number of ether oxygens (including phenoxy) is 1. The number of aromatic amines is 1. The van der Waals surface area contributed by atoms with E-state index in [0.717, 1.165) is 11.3 Å². The van der Waals surface area contributed by atoms with Crippen molar-refractivity contribution >= 4 is 10.0 Å². The normalized spacial score (nSPS) is 17.1. The maximum atomic E-state index is 12.8. The van der Waals surface area contributed by atoms with Crippen LogP contribution in [0, 0.1) is 20.8 Å². The van der Waals surface area contributed by atoms with Gasteiger partial charge in [0.25, 0.3) is 0 Å². The van der Waals surface area contributed by atoms with Gasteiger partial charge in [0.05, 0.1) is 11.4 Å². The van der Waals surface area contributed by atoms with Crippen molar-refractivity contribution in [2.75, 3.05) is 13.1 Å². The van der Waals surface area contributed by atoms with Crippen LogP contribution in [-0.4, -0.2) is 42.1 Å². The van der Waals surface area contributed by atoms with E-state index in [4.69, 9.17) is 4.74 Å². The van der Waals surface area contributed by atoms with Crippen LogP contribution in [0.4, 0.5) is 0 Å². The molecule has 3 rings (SSSR count). The fraction of sp³-hybridized carbons (Fsp3) is 0.471. The van der Waals surface area contributed by atoms with E-state index in [0.29, 0.717) is 42.2 Å². The number of piperidine rings is 1. The Morgan fingerprint density at radius 2 is 1.83 bits per heavy atom. The fourth-order valence-electron chi connectivity index (χ4n) is 3.11. The van der Waals surface area contributed by atoms with Crippen molar-refractivity contribution < 1.29 is 13.2 Å². The number of hydrogen-bond acceptors (Lipinski definition) is 4. The van der Waals surface area contributed by atoms with Crippen LogP contribution in [-0.2, 0) is 10.0 Å². The van der Waals surface area contributed by atoms with E-state index in [2.05, 4.69) is 10.2 Å². The number of sulfonamides is 1. The highest BCUT2D eigenvalue weighted by Gasteiger charge is 2.33. The Hall–Kier alpha value is -1.86. The zero-order chi connectivity index (χ0) is 17.3. The predicted molar refractivity (Wildman–Crippen MR) is 91.6 cm³/mol. The molecular formula is C17H23N3O3S. The second kappa shape index (κ2) is 6.57. The molecule has 0 unspecified atom stereocenters. The third kappa shape index (κ3) is 3.18. The van der Waals surface area contributed by atoms with Crippen molar-refractivity contribution in [3.8, 4) is 5.75 Å². The van der Waals surface area contributed by atoms with Crippen molar-refractivity contribution in [2.45, 2.75) is 44.6 Å². The van der Waals surface area contributed by atoms with E-state index >= 15 is 0 Å². The lowest BCUT2D eigenvalue weighted by Gasteiger charge is -2.31. The molecule has 1 aliphatic heterocycles. The van der Waals surface area contributed by atoms with Crippen molar-refractivity contribution in [1.29, 1.82) is 0 Å². The second-order valence-corrected chi connectivity index (χ2v) is 8.12. The Morgan fingerprint density at radius 3 is 2.42 bits per heavy atom. The van der Waals surface area contributed by atoms with Crippen molar-refractivity contribution in [1.82, 2.24) is 14.5 Å². The molecule has 2 heterocycles. The SMILES string of the molecule is Cc1ccccc1OC1CCN(S(=O)(=O)c2c(C)n[nH]c2C)CC1. The molecule has 6 nitrogen and oxygen atoms in total. The Bertz CT molecular complexity index is 802. The smallest absolute Gasteiger partial charge is 0.246 e. The topological polar surface area (TPSA) is 75.3 Å². The van der Waals surface area contributed by atoms with Crippen LogP contribution >= 0.6 is 0 Å². The number of nitrogens with zero attached hydrogens (tertiary/aromatic N) is 2. The van der Waals surface area contributed by atoms with Crippen LogP contribution in [0.3, 0.4) is 0 Å². The first-order valence-corrected chi connectivity index (χ1v) is 9.57. The molecule has 24 heavy (non-hydrogen) atoms. The zero-order valence-electron chi connectivity index (χ0n) is 14.2. The van der Waals surface area contributed by atoms with E-state index in [1.54, 1.807) is 13.8 Å². The number of aryl methyl sites for hydroxylation is 3. The summed E-state index contributed by atoms with van der Waals surface area (Å²) in [5.74, 6) is 0.875. The molecule has 1 aromatic heterocycles. The molecule has 0 spiro atoms. The molecule has 130 valence electrons. The largest absolute Gasteiger partial charge is 0.490 e. The Labute approximate surface area is 142 Å². The van der Waals surface area contributed by atoms with Crippen LogP contribution in [0.1, 0.15) is 29.8 Å². The number of H-pyrrole nitrogens is 1. The molecule has 1 N–H and O–H groups in total. The number of rotatable bonds is 4. The van der Waals surface area contributed by atoms with Crippen LogP contribution in [0.25, 0.3) is 0 Å². The number of para-hydroxylation sites is 1. The Balaban J connectivity index is 1.68. The van der Waals surface area contributed by atoms with Gasteiger partial charge < -0.3 is 4.74 Å². The summed E-state index contributed by atoms with van der Waals surface area (Å²) in [6.45, 7) is 6.39. The molecule has 1 aliphatic rings. The van der Waals surface area contributed by atoms with Gasteiger partial charge in [0.1, 0.15) is 16.7 Å². The minimum absolute atomic E-state index is 0.0455. The highest BCUT2D eigenvalue weighted by atomic mass is 32.2. The molecule has 0 aliphatic carbocycles. The second-order valence-electron chi connectivity index (χ2n) is 6.25. The lowest BCUT2D eigenvalue weighted by Crippen LogP contribution is -2.42. The van der Waals surface area contributed by atoms with Gasteiger partial charge in [-0.3, -0.25) is 5.10 Å². The van der Waals surface area contributed by atoms with Gasteiger partial charge in [-0.15, -0.1) is 0 Å². The van der Waals surface area contributed by atoms with Crippen molar-refractivity contribution in [3.05, 3.63) is 41.2 Å². The van der Waals surface area contributed by atoms with Crippen molar-refractivity contribution in [3.63, 3.8) is 0 Å². The summed E-state index contributed by atoms with van der Waals surface area (Å²) in [4.78, 5) is 0.306. The molecular weight excluding hydrogens is 326 g/mol. The molecule has 1 fully saturated rings. The van der Waals surface area contributed by atoms with Gasteiger partial charge in [0.2, 0.25) is 10.0 Å². The van der Waals surface area contributed by atoms with Crippen molar-refractivity contribution in [2.24, 2.45) is 0 Å². The summed E-state index contributed by atoms with van der Waals surface area (Å²) < 4.78 is 33.3. The summed E-state index contributed by atoms with van der Waals surface area (Å²) in [7, 11) is -3.50. The van der Waals surface area contributed by atoms with Crippen LogP contribution < -0.4 is 4.74 Å². The van der Waals surface area contributed by atoms with Gasteiger partial charge in [-0.25, -0.2) is 8.42 Å². The molecule has 7 heteroatoms. The number of nitrogens with one attached hydrogen (secondary N) is 1. The summed E-state index contributed by atoms with van der Waals surface area (Å²) in [5, 5.41) is 6.75. The predicted octanol–water partition coefficient (Wildman–Crippen LogP) is 2.57. The van der Waals surface area contributed by atoms with Gasteiger partial charge in [0.15, 0.2) is 0 Å². The molecule has 2 aromatic rings. The molecule has 0 bridgehead atoms. The quantitative estimate of drug-likeness (QED) is 0.920. The van der Waals surface area contributed by atoms with E-state index in [9.17, 15) is 8.42 Å². The first-order chi connectivity index (χ1) is 11.4. The minimum Gasteiger partial charge on any atom is -0.490 e. The van der Waals surface area contributed by atoms with Gasteiger partial charge in [-0.1, -0.05) is 18.2 Å². The number of benzene rings is 1. The monoisotopic (exact) mass is 349 g/mol. The van der Waals surface area contributed by atoms with Crippen LogP contribution in [0.15, 0.2) is 29.2 Å². The summed E-state index contributed by atoms with van der Waals surface area (Å²) in [6.07, 6.45) is 1.41. The lowest BCUT2D eigenvalue weighted by molar-refractivity contribution is 0.134. The molecule has 0 amide bonds. The first kappa shape index (κ1) is 17.0. The summed E-state index contributed by atoms with van der Waals surface area (Å²) >= 11 is 0. The highest BCUT2D eigenvalue weighted by molar-refractivity contribution is 7.89. The number of aromatic nitrogens is 2. The minimum atomic E-state index is -3.50. The zero-order valence-corrected chi connectivity index (χ0v) is 15.1. The van der Waals surface area contributed by atoms with Gasteiger partial charge in [-0.2, -0.15) is 9.40 Å². The average Bonchev–Trinajstić information content (AvgIpc) is 2.89. The van der Waals surface area contributed by atoms with Gasteiger partial charge >= 0.3 is 0 Å². The van der Waals surface area contributed by atoms with Crippen LogP contribution in [0.2, 0.25) is 0 Å². The number of hydrogen-bond donors (Lipinski definition) is 1. The first-order valence-electron chi connectivity index (χ1n) is 8.13. The third-order valence-electron chi connectivity index (χ3n) is 4.45. The highest BCUT2D eigenvalue weighted by Crippen LogP contribution is 2.27.